The molecule has 3 atom stereocenters. The molecule has 0 aromatic carbocycles. The number of esters is 1. The summed E-state index contributed by atoms with van der Waals surface area (Å²) >= 11 is 0. The van der Waals surface area contributed by atoms with Gasteiger partial charge in [0.15, 0.2) is 0 Å². The standard InChI is InChI=1S/C9H14N4O4.C4H7NO4/c10-6(1-5-2-12-4-13-5)9(16)17-3-7(11)8(14)15;5-2(4(8)9)1-3(6)7/h2,4,6-7H,1,3,10-11H2,(H,12,13)(H,14,15);2H,1,5H2,(H,6,7)(H,8,9)/t6-,7-;2-/m00/s1. The first-order valence-corrected chi connectivity index (χ1v) is 7.12. The van der Waals surface area contributed by atoms with Crippen LogP contribution in [0, 0.1) is 0 Å². The second-order valence-electron chi connectivity index (χ2n) is 5.00. The monoisotopic (exact) mass is 375 g/mol. The Hall–Kier alpha value is -3.03. The second-order valence-corrected chi connectivity index (χ2v) is 5.00. The van der Waals surface area contributed by atoms with E-state index in [1.165, 1.54) is 12.5 Å². The van der Waals surface area contributed by atoms with Gasteiger partial charge in [-0.05, 0) is 0 Å². The molecule has 0 aliphatic heterocycles. The largest absolute Gasteiger partial charge is 0.481 e. The summed E-state index contributed by atoms with van der Waals surface area (Å²) in [5.74, 6) is -4.43. The van der Waals surface area contributed by atoms with Crippen molar-refractivity contribution in [2.45, 2.75) is 31.0 Å². The number of carboxylic acid groups (broad SMARTS) is 3. The summed E-state index contributed by atoms with van der Waals surface area (Å²) in [6, 6.07) is -3.41. The highest BCUT2D eigenvalue weighted by atomic mass is 16.5. The number of carbonyl (C=O) groups is 4. The number of ether oxygens (including phenoxy) is 1. The van der Waals surface area contributed by atoms with Crippen LogP contribution in [0.5, 0.6) is 0 Å². The maximum Gasteiger partial charge on any atom is 0.324 e. The molecule has 13 heteroatoms. The maximum absolute atomic E-state index is 11.4. The van der Waals surface area contributed by atoms with E-state index in [-0.39, 0.29) is 6.42 Å². The van der Waals surface area contributed by atoms with Crippen molar-refractivity contribution in [3.05, 3.63) is 18.2 Å². The van der Waals surface area contributed by atoms with Crippen molar-refractivity contribution in [3.8, 4) is 0 Å². The Morgan fingerprint density at radius 1 is 1.04 bits per heavy atom. The number of nitrogens with one attached hydrogen (secondary N) is 1. The molecule has 1 aromatic rings. The molecular formula is C13H21N5O8. The fourth-order valence-electron chi connectivity index (χ4n) is 1.34. The van der Waals surface area contributed by atoms with Crippen LogP contribution in [-0.4, -0.2) is 73.9 Å². The molecule has 0 saturated carbocycles. The van der Waals surface area contributed by atoms with Crippen molar-refractivity contribution in [2.75, 3.05) is 6.61 Å². The van der Waals surface area contributed by atoms with Gasteiger partial charge in [-0.3, -0.25) is 19.2 Å². The number of nitrogens with zero attached hydrogens (tertiary/aromatic N) is 1. The normalized spacial score (nSPS) is 13.5. The highest BCUT2D eigenvalue weighted by Gasteiger charge is 2.19. The first kappa shape index (κ1) is 23.0. The molecule has 146 valence electrons. The van der Waals surface area contributed by atoms with E-state index in [4.69, 9.17) is 32.5 Å². The SMILES string of the molecule is N[C@@H](CC(=O)O)C(=O)O.N[C@@H](COC(=O)[C@@H](N)Cc1cnc[nH]1)C(=O)O. The van der Waals surface area contributed by atoms with Crippen LogP contribution in [0.1, 0.15) is 12.1 Å². The first-order valence-electron chi connectivity index (χ1n) is 7.12. The number of aromatic nitrogens is 2. The number of H-pyrrole nitrogens is 1. The number of carboxylic acids is 3. The number of nitrogens with two attached hydrogens (primary N) is 3. The van der Waals surface area contributed by atoms with Gasteiger partial charge in [-0.1, -0.05) is 0 Å². The van der Waals surface area contributed by atoms with Gasteiger partial charge in [0.2, 0.25) is 0 Å². The quantitative estimate of drug-likeness (QED) is 0.215. The van der Waals surface area contributed by atoms with Gasteiger partial charge < -0.3 is 42.2 Å². The number of hydrogen-bond donors (Lipinski definition) is 7. The van der Waals surface area contributed by atoms with E-state index in [1.807, 2.05) is 0 Å². The minimum atomic E-state index is -1.29. The lowest BCUT2D eigenvalue weighted by Gasteiger charge is -2.12. The number of rotatable bonds is 9. The smallest absolute Gasteiger partial charge is 0.324 e. The summed E-state index contributed by atoms with van der Waals surface area (Å²) in [5, 5.41) is 24.5. The summed E-state index contributed by atoms with van der Waals surface area (Å²) in [7, 11) is 0. The molecule has 10 N–H and O–H groups in total. The van der Waals surface area contributed by atoms with Crippen LogP contribution < -0.4 is 17.2 Å². The van der Waals surface area contributed by atoms with Gasteiger partial charge in [0.05, 0.1) is 12.7 Å². The summed E-state index contributed by atoms with van der Waals surface area (Å²) in [4.78, 5) is 47.9. The van der Waals surface area contributed by atoms with Crippen LogP contribution in [0.25, 0.3) is 0 Å². The van der Waals surface area contributed by atoms with Gasteiger partial charge in [0.1, 0.15) is 24.7 Å². The molecule has 1 heterocycles. The predicted molar refractivity (Wildman–Crippen MR) is 84.7 cm³/mol. The van der Waals surface area contributed by atoms with Crippen molar-refractivity contribution in [3.63, 3.8) is 0 Å². The van der Waals surface area contributed by atoms with E-state index >= 15 is 0 Å². The minimum absolute atomic E-state index is 0.237. The third kappa shape index (κ3) is 9.96. The fourth-order valence-corrected chi connectivity index (χ4v) is 1.34. The molecule has 0 aliphatic rings. The average molecular weight is 375 g/mol. The first-order chi connectivity index (χ1) is 12.0. The van der Waals surface area contributed by atoms with E-state index < -0.39 is 55.0 Å². The average Bonchev–Trinajstić information content (AvgIpc) is 3.04. The van der Waals surface area contributed by atoms with E-state index in [9.17, 15) is 19.2 Å². The Labute approximate surface area is 147 Å². The molecule has 13 nitrogen and oxygen atoms in total. The number of carbonyl (C=O) groups excluding carboxylic acids is 1. The molecule has 26 heavy (non-hydrogen) atoms. The Kier molecular flexibility index (Phi) is 10.2. The summed E-state index contributed by atoms with van der Waals surface area (Å²) in [6.07, 6.45) is 2.71. The molecule has 0 unspecified atom stereocenters. The van der Waals surface area contributed by atoms with Gasteiger partial charge in [0, 0.05) is 18.3 Å². The number of hydrogen-bond acceptors (Lipinski definition) is 9. The second kappa shape index (κ2) is 11.5. The summed E-state index contributed by atoms with van der Waals surface area (Å²) < 4.78 is 4.67. The van der Waals surface area contributed by atoms with E-state index in [1.54, 1.807) is 0 Å². The Morgan fingerprint density at radius 3 is 2.00 bits per heavy atom. The third-order valence-electron chi connectivity index (χ3n) is 2.73. The molecule has 0 aliphatic carbocycles. The molecule has 0 saturated heterocycles. The van der Waals surface area contributed by atoms with E-state index in [0.29, 0.717) is 5.69 Å². The number of imidazole rings is 1. The fraction of sp³-hybridized carbons (Fsp3) is 0.462. The Morgan fingerprint density at radius 2 is 1.62 bits per heavy atom. The zero-order chi connectivity index (χ0) is 20.3. The van der Waals surface area contributed by atoms with E-state index in [2.05, 4.69) is 14.7 Å². The molecule has 0 amide bonds. The molecule has 0 fully saturated rings. The molecule has 1 aromatic heterocycles. The van der Waals surface area contributed by atoms with Gasteiger partial charge in [0.25, 0.3) is 0 Å². The zero-order valence-corrected chi connectivity index (χ0v) is 13.6. The van der Waals surface area contributed by atoms with Gasteiger partial charge in [-0.2, -0.15) is 0 Å². The molecular weight excluding hydrogens is 354 g/mol. The highest BCUT2D eigenvalue weighted by molar-refractivity contribution is 5.80. The van der Waals surface area contributed by atoms with Crippen molar-refractivity contribution in [1.82, 2.24) is 9.97 Å². The molecule has 0 radical (unpaired) electrons. The zero-order valence-electron chi connectivity index (χ0n) is 13.6. The molecule has 1 rings (SSSR count). The van der Waals surface area contributed by atoms with Crippen LogP contribution in [0.15, 0.2) is 12.5 Å². The lowest BCUT2D eigenvalue weighted by Crippen LogP contribution is -2.40. The number of aromatic amines is 1. The lowest BCUT2D eigenvalue weighted by molar-refractivity contribution is -0.149. The minimum Gasteiger partial charge on any atom is -0.481 e. The van der Waals surface area contributed by atoms with Crippen molar-refractivity contribution < 1.29 is 39.2 Å². The van der Waals surface area contributed by atoms with Crippen LogP contribution in [0.3, 0.4) is 0 Å². The van der Waals surface area contributed by atoms with Gasteiger partial charge in [-0.25, -0.2) is 4.98 Å². The van der Waals surface area contributed by atoms with Crippen LogP contribution in [0.4, 0.5) is 0 Å². The van der Waals surface area contributed by atoms with Gasteiger partial charge in [-0.15, -0.1) is 0 Å². The summed E-state index contributed by atoms with van der Waals surface area (Å²) in [5.41, 5.74) is 16.3. The van der Waals surface area contributed by atoms with Crippen LogP contribution in [0.2, 0.25) is 0 Å². The highest BCUT2D eigenvalue weighted by Crippen LogP contribution is 1.98. The molecule has 0 bridgehead atoms. The van der Waals surface area contributed by atoms with Crippen LogP contribution in [-0.2, 0) is 30.3 Å². The predicted octanol–water partition coefficient (Wildman–Crippen LogP) is -2.89. The lowest BCUT2D eigenvalue weighted by atomic mass is 10.2. The van der Waals surface area contributed by atoms with Crippen LogP contribution >= 0.6 is 0 Å². The number of aliphatic carboxylic acids is 3. The summed E-state index contributed by atoms with van der Waals surface area (Å²) in [6.45, 7) is -0.398. The van der Waals surface area contributed by atoms with E-state index in [0.717, 1.165) is 0 Å². The molecule has 0 spiro atoms. The van der Waals surface area contributed by atoms with Crippen molar-refractivity contribution in [2.24, 2.45) is 17.2 Å². The Balaban J connectivity index is 0.000000590. The van der Waals surface area contributed by atoms with Crippen molar-refractivity contribution >= 4 is 23.9 Å². The van der Waals surface area contributed by atoms with Gasteiger partial charge >= 0.3 is 23.9 Å². The maximum atomic E-state index is 11.4. The van der Waals surface area contributed by atoms with Crippen molar-refractivity contribution in [1.29, 1.82) is 0 Å². The topological polar surface area (TPSA) is 245 Å². The third-order valence-corrected chi connectivity index (χ3v) is 2.73. The Bertz CT molecular complexity index is 606.